The van der Waals surface area contributed by atoms with Crippen molar-refractivity contribution in [2.45, 2.75) is 6.04 Å². The number of hydrogen-bond acceptors (Lipinski definition) is 3. The van der Waals surface area contributed by atoms with Crippen molar-refractivity contribution in [1.29, 1.82) is 0 Å². The van der Waals surface area contributed by atoms with Crippen LogP contribution in [0.5, 0.6) is 0 Å². The van der Waals surface area contributed by atoms with E-state index < -0.39 is 17.5 Å². The van der Waals surface area contributed by atoms with Crippen LogP contribution in [0.2, 0.25) is 0 Å². The minimum atomic E-state index is -0.734. The van der Waals surface area contributed by atoms with E-state index in [0.717, 1.165) is 24.7 Å². The molecular formula is C12H14F2N2O2. The van der Waals surface area contributed by atoms with Crippen molar-refractivity contribution in [3.63, 3.8) is 0 Å². The lowest BCUT2D eigenvalue weighted by molar-refractivity contribution is 0.0733. The van der Waals surface area contributed by atoms with Gasteiger partial charge in [0.25, 0.3) is 5.91 Å². The van der Waals surface area contributed by atoms with E-state index in [1.165, 1.54) is 0 Å². The van der Waals surface area contributed by atoms with E-state index >= 15 is 0 Å². The van der Waals surface area contributed by atoms with Crippen LogP contribution in [0.3, 0.4) is 0 Å². The van der Waals surface area contributed by atoms with E-state index in [1.54, 1.807) is 0 Å². The molecule has 2 N–H and O–H groups in total. The Balaban J connectivity index is 1.92. The first-order chi connectivity index (χ1) is 8.66. The molecule has 6 heteroatoms. The maximum Gasteiger partial charge on any atom is 0.254 e. The normalized spacial score (nSPS) is 19.6. The fourth-order valence-electron chi connectivity index (χ4n) is 1.73. The first kappa shape index (κ1) is 12.9. The molecule has 1 unspecified atom stereocenters. The summed E-state index contributed by atoms with van der Waals surface area (Å²) in [5.41, 5.74) is -0.285. The molecule has 1 heterocycles. The summed E-state index contributed by atoms with van der Waals surface area (Å²) in [5, 5.41) is 5.69. The lowest BCUT2D eigenvalue weighted by Crippen LogP contribution is -2.48. The number of benzene rings is 1. The fraction of sp³-hybridized carbons (Fsp3) is 0.417. The second-order valence-electron chi connectivity index (χ2n) is 4.06. The van der Waals surface area contributed by atoms with Gasteiger partial charge in [0.15, 0.2) is 0 Å². The lowest BCUT2D eigenvalue weighted by Gasteiger charge is -2.23. The Bertz CT molecular complexity index is 434. The van der Waals surface area contributed by atoms with Crippen molar-refractivity contribution in [3.05, 3.63) is 35.4 Å². The van der Waals surface area contributed by atoms with E-state index in [9.17, 15) is 13.6 Å². The molecule has 18 heavy (non-hydrogen) atoms. The predicted octanol–water partition coefficient (Wildman–Crippen LogP) is 0.683. The van der Waals surface area contributed by atoms with E-state index in [2.05, 4.69) is 10.6 Å². The van der Waals surface area contributed by atoms with E-state index in [-0.39, 0.29) is 11.6 Å². The molecule has 0 aliphatic carbocycles. The van der Waals surface area contributed by atoms with Crippen LogP contribution >= 0.6 is 0 Å². The zero-order chi connectivity index (χ0) is 13.0. The molecule has 0 aromatic heterocycles. The number of nitrogens with one attached hydrogen (secondary N) is 2. The first-order valence-corrected chi connectivity index (χ1v) is 5.71. The van der Waals surface area contributed by atoms with Crippen molar-refractivity contribution < 1.29 is 18.3 Å². The quantitative estimate of drug-likeness (QED) is 0.836. The Morgan fingerprint density at radius 3 is 3.06 bits per heavy atom. The zero-order valence-corrected chi connectivity index (χ0v) is 9.71. The van der Waals surface area contributed by atoms with Gasteiger partial charge in [-0.2, -0.15) is 0 Å². The minimum absolute atomic E-state index is 0.000629. The standard InChI is InChI=1S/C12H14F2N2O2/c13-8-1-2-11(14)10(5-8)12(17)16-6-9-7-18-4-3-15-9/h1-2,5,9,15H,3-4,6-7H2,(H,16,17). The van der Waals surface area contributed by atoms with Gasteiger partial charge in [0, 0.05) is 19.1 Å². The topological polar surface area (TPSA) is 50.4 Å². The summed E-state index contributed by atoms with van der Waals surface area (Å²) >= 11 is 0. The van der Waals surface area contributed by atoms with Crippen LogP contribution in [0.4, 0.5) is 8.78 Å². The number of hydrogen-bond donors (Lipinski definition) is 2. The monoisotopic (exact) mass is 256 g/mol. The number of ether oxygens (including phenoxy) is 1. The Morgan fingerprint density at radius 1 is 1.50 bits per heavy atom. The molecule has 1 atom stereocenters. The summed E-state index contributed by atoms with van der Waals surface area (Å²) in [4.78, 5) is 11.7. The van der Waals surface area contributed by atoms with Crippen molar-refractivity contribution in [3.8, 4) is 0 Å². The zero-order valence-electron chi connectivity index (χ0n) is 9.71. The van der Waals surface area contributed by atoms with Crippen molar-refractivity contribution >= 4 is 5.91 Å². The maximum atomic E-state index is 13.3. The smallest absolute Gasteiger partial charge is 0.254 e. The Morgan fingerprint density at radius 2 is 2.33 bits per heavy atom. The number of carbonyl (C=O) groups excluding carboxylic acids is 1. The van der Waals surface area contributed by atoms with Crippen LogP contribution in [0.25, 0.3) is 0 Å². The minimum Gasteiger partial charge on any atom is -0.378 e. The Labute approximate surface area is 103 Å². The second-order valence-corrected chi connectivity index (χ2v) is 4.06. The number of halogens is 2. The predicted molar refractivity (Wildman–Crippen MR) is 61.3 cm³/mol. The molecule has 1 aromatic carbocycles. The van der Waals surface area contributed by atoms with Gasteiger partial charge in [0.1, 0.15) is 11.6 Å². The van der Waals surface area contributed by atoms with Gasteiger partial charge in [-0.15, -0.1) is 0 Å². The highest BCUT2D eigenvalue weighted by Gasteiger charge is 2.16. The Kier molecular flexibility index (Phi) is 4.22. The van der Waals surface area contributed by atoms with E-state index in [0.29, 0.717) is 19.8 Å². The van der Waals surface area contributed by atoms with Crippen molar-refractivity contribution in [2.24, 2.45) is 0 Å². The summed E-state index contributed by atoms with van der Waals surface area (Å²) in [7, 11) is 0. The van der Waals surface area contributed by atoms with Gasteiger partial charge in [-0.1, -0.05) is 0 Å². The summed E-state index contributed by atoms with van der Waals surface area (Å²) < 4.78 is 31.5. The number of morpholine rings is 1. The van der Waals surface area contributed by atoms with Crippen LogP contribution in [-0.4, -0.2) is 38.3 Å². The molecule has 1 aliphatic rings. The van der Waals surface area contributed by atoms with Crippen LogP contribution in [0.15, 0.2) is 18.2 Å². The summed E-state index contributed by atoms with van der Waals surface area (Å²) in [6.45, 7) is 2.17. The number of amides is 1. The van der Waals surface area contributed by atoms with Gasteiger partial charge in [0.05, 0.1) is 18.8 Å². The van der Waals surface area contributed by atoms with E-state index in [1.807, 2.05) is 0 Å². The number of rotatable bonds is 3. The third-order valence-corrected chi connectivity index (χ3v) is 2.68. The van der Waals surface area contributed by atoms with Gasteiger partial charge < -0.3 is 15.4 Å². The third kappa shape index (κ3) is 3.24. The molecule has 4 nitrogen and oxygen atoms in total. The molecule has 0 spiro atoms. The maximum absolute atomic E-state index is 13.3. The molecule has 0 saturated carbocycles. The van der Waals surface area contributed by atoms with Gasteiger partial charge in [0.2, 0.25) is 0 Å². The van der Waals surface area contributed by atoms with Gasteiger partial charge >= 0.3 is 0 Å². The number of carbonyl (C=O) groups is 1. The summed E-state index contributed by atoms with van der Waals surface area (Å²) in [6, 6.07) is 2.80. The molecule has 0 radical (unpaired) electrons. The summed E-state index contributed by atoms with van der Waals surface area (Å²) in [6.07, 6.45) is 0. The van der Waals surface area contributed by atoms with Gasteiger partial charge in [-0.3, -0.25) is 4.79 Å². The highest BCUT2D eigenvalue weighted by atomic mass is 19.1. The molecule has 2 rings (SSSR count). The molecule has 98 valence electrons. The highest BCUT2D eigenvalue weighted by molar-refractivity contribution is 5.94. The summed E-state index contributed by atoms with van der Waals surface area (Å²) in [5.74, 6) is -2.00. The molecule has 1 aromatic rings. The molecule has 1 saturated heterocycles. The molecule has 0 bridgehead atoms. The van der Waals surface area contributed by atoms with Gasteiger partial charge in [-0.05, 0) is 18.2 Å². The van der Waals surface area contributed by atoms with Crippen LogP contribution in [0.1, 0.15) is 10.4 Å². The van der Waals surface area contributed by atoms with E-state index in [4.69, 9.17) is 4.74 Å². The third-order valence-electron chi connectivity index (χ3n) is 2.68. The fourth-order valence-corrected chi connectivity index (χ4v) is 1.73. The first-order valence-electron chi connectivity index (χ1n) is 5.71. The van der Waals surface area contributed by atoms with Crippen LogP contribution in [-0.2, 0) is 4.74 Å². The highest BCUT2D eigenvalue weighted by Crippen LogP contribution is 2.09. The largest absolute Gasteiger partial charge is 0.378 e. The second kappa shape index (κ2) is 5.88. The average Bonchev–Trinajstić information content (AvgIpc) is 2.40. The molecule has 1 amide bonds. The van der Waals surface area contributed by atoms with Crippen LogP contribution in [0, 0.1) is 11.6 Å². The van der Waals surface area contributed by atoms with Crippen molar-refractivity contribution in [1.82, 2.24) is 10.6 Å². The van der Waals surface area contributed by atoms with Crippen LogP contribution < -0.4 is 10.6 Å². The molecule has 1 fully saturated rings. The lowest BCUT2D eigenvalue weighted by atomic mass is 10.2. The Hall–Kier alpha value is -1.53. The average molecular weight is 256 g/mol. The molecule has 1 aliphatic heterocycles. The SMILES string of the molecule is O=C(NCC1COCCN1)c1cc(F)ccc1F. The molecular weight excluding hydrogens is 242 g/mol. The van der Waals surface area contributed by atoms with Crippen molar-refractivity contribution in [2.75, 3.05) is 26.3 Å². The van der Waals surface area contributed by atoms with Gasteiger partial charge in [-0.25, -0.2) is 8.78 Å².